The van der Waals surface area contributed by atoms with Gasteiger partial charge in [-0.25, -0.2) is 0 Å². The summed E-state index contributed by atoms with van der Waals surface area (Å²) in [5.74, 6) is 1.35. The van der Waals surface area contributed by atoms with Gasteiger partial charge in [-0.05, 0) is 50.3 Å². The Bertz CT molecular complexity index is 929. The van der Waals surface area contributed by atoms with Crippen molar-refractivity contribution in [2.45, 2.75) is 26.4 Å². The lowest BCUT2D eigenvalue weighted by atomic mass is 10.2. The van der Waals surface area contributed by atoms with E-state index in [9.17, 15) is 9.59 Å². The fraction of sp³-hybridized carbons (Fsp3) is 0.500. The van der Waals surface area contributed by atoms with Crippen molar-refractivity contribution in [2.24, 2.45) is 0 Å². The lowest BCUT2D eigenvalue weighted by Crippen LogP contribution is -2.52. The van der Waals surface area contributed by atoms with Crippen LogP contribution in [0.1, 0.15) is 13.8 Å². The molecule has 0 radical (unpaired) electrons. The number of carbonyl (C=O) groups excluding carboxylic acids is 2. The highest BCUT2D eigenvalue weighted by atomic mass is 32.1. The van der Waals surface area contributed by atoms with Crippen molar-refractivity contribution in [3.63, 3.8) is 0 Å². The maximum Gasteiger partial charge on any atom is 0.242 e. The van der Waals surface area contributed by atoms with Crippen LogP contribution in [0.5, 0.6) is 5.75 Å². The van der Waals surface area contributed by atoms with Gasteiger partial charge in [-0.3, -0.25) is 24.2 Å². The molecule has 3 rings (SSSR count). The van der Waals surface area contributed by atoms with E-state index in [1.165, 1.54) is 0 Å². The van der Waals surface area contributed by atoms with Crippen molar-refractivity contribution in [1.82, 2.24) is 29.9 Å². The molecule has 1 aromatic carbocycles. The maximum atomic E-state index is 12.9. The number of nitrogens with one attached hydrogen (secondary N) is 2. The highest BCUT2D eigenvalue weighted by Crippen LogP contribution is 2.21. The van der Waals surface area contributed by atoms with E-state index in [1.807, 2.05) is 43.0 Å². The number of piperazine rings is 1. The van der Waals surface area contributed by atoms with E-state index >= 15 is 0 Å². The predicted octanol–water partition coefficient (Wildman–Crippen LogP) is 1.29. The van der Waals surface area contributed by atoms with Crippen LogP contribution in [-0.2, 0) is 16.1 Å². The van der Waals surface area contributed by atoms with Gasteiger partial charge < -0.3 is 15.0 Å². The molecule has 0 aliphatic carbocycles. The number of ether oxygens (including phenoxy) is 1. The molecule has 1 fully saturated rings. The molecule has 0 atom stereocenters. The average Bonchev–Trinajstić information content (AvgIpc) is 3.08. The van der Waals surface area contributed by atoms with Crippen molar-refractivity contribution in [1.29, 1.82) is 0 Å². The Labute approximate surface area is 181 Å². The number of hydrogen-bond acceptors (Lipinski definition) is 6. The van der Waals surface area contributed by atoms with Crippen LogP contribution in [0, 0.1) is 4.77 Å². The molecule has 1 saturated heterocycles. The summed E-state index contributed by atoms with van der Waals surface area (Å²) in [6.45, 7) is 6.84. The van der Waals surface area contributed by atoms with E-state index in [4.69, 9.17) is 17.0 Å². The molecule has 2 heterocycles. The number of carbonyl (C=O) groups is 2. The highest BCUT2D eigenvalue weighted by Gasteiger charge is 2.24. The fourth-order valence-corrected chi connectivity index (χ4v) is 3.58. The second-order valence-corrected chi connectivity index (χ2v) is 7.93. The van der Waals surface area contributed by atoms with Crippen molar-refractivity contribution >= 4 is 24.0 Å². The number of nitrogens with zero attached hydrogens (tertiary/aromatic N) is 4. The summed E-state index contributed by atoms with van der Waals surface area (Å²) in [5, 5.41) is 9.96. The summed E-state index contributed by atoms with van der Waals surface area (Å²) in [6, 6.07) is 7.57. The molecule has 10 heteroatoms. The van der Waals surface area contributed by atoms with Gasteiger partial charge in [0.05, 0.1) is 13.7 Å². The van der Waals surface area contributed by atoms with Crippen LogP contribution in [0.4, 0.5) is 0 Å². The lowest BCUT2D eigenvalue weighted by molar-refractivity contribution is -0.133. The number of H-pyrrole nitrogens is 1. The van der Waals surface area contributed by atoms with Gasteiger partial charge in [-0.15, -0.1) is 0 Å². The standard InChI is InChI=1S/C20H28N6O3S/c1-14(2)21-17(27)12-24-8-10-25(11-9-24)18(28)13-26-19(22-23-20(26)30)15-4-6-16(29-3)7-5-15/h4-7,14H,8-13H2,1-3H3,(H,21,27)(H,23,30). The van der Waals surface area contributed by atoms with Gasteiger partial charge >= 0.3 is 0 Å². The number of hydrogen-bond donors (Lipinski definition) is 2. The zero-order chi connectivity index (χ0) is 21.7. The van der Waals surface area contributed by atoms with Gasteiger partial charge in [-0.1, -0.05) is 0 Å². The summed E-state index contributed by atoms with van der Waals surface area (Å²) in [7, 11) is 1.61. The third kappa shape index (κ3) is 5.45. The first-order chi connectivity index (χ1) is 14.4. The van der Waals surface area contributed by atoms with Crippen molar-refractivity contribution in [3.8, 4) is 17.1 Å². The third-order valence-corrected chi connectivity index (χ3v) is 5.25. The van der Waals surface area contributed by atoms with E-state index in [0.717, 1.165) is 11.3 Å². The molecule has 0 saturated carbocycles. The number of amides is 2. The van der Waals surface area contributed by atoms with E-state index < -0.39 is 0 Å². The Kier molecular flexibility index (Phi) is 7.22. The van der Waals surface area contributed by atoms with Crippen LogP contribution in [0.15, 0.2) is 24.3 Å². The minimum absolute atomic E-state index is 0.0126. The normalized spacial score (nSPS) is 14.7. The second kappa shape index (κ2) is 9.86. The minimum Gasteiger partial charge on any atom is -0.497 e. The molecule has 2 aromatic rings. The first kappa shape index (κ1) is 22.0. The monoisotopic (exact) mass is 432 g/mol. The van der Waals surface area contributed by atoms with E-state index in [2.05, 4.69) is 20.4 Å². The maximum absolute atomic E-state index is 12.9. The van der Waals surface area contributed by atoms with Crippen LogP contribution in [-0.4, -0.2) is 82.3 Å². The second-order valence-electron chi connectivity index (χ2n) is 7.55. The van der Waals surface area contributed by atoms with Gasteiger partial charge in [0.25, 0.3) is 0 Å². The zero-order valence-corrected chi connectivity index (χ0v) is 18.4. The number of rotatable bonds is 7. The molecule has 1 aromatic heterocycles. The molecule has 0 unspecified atom stereocenters. The summed E-state index contributed by atoms with van der Waals surface area (Å²) < 4.78 is 7.30. The molecule has 2 amide bonds. The summed E-state index contributed by atoms with van der Waals surface area (Å²) in [4.78, 5) is 28.7. The van der Waals surface area contributed by atoms with Crippen LogP contribution in [0.25, 0.3) is 11.4 Å². The molecule has 162 valence electrons. The molecule has 0 spiro atoms. The number of benzene rings is 1. The van der Waals surface area contributed by atoms with Crippen molar-refractivity contribution < 1.29 is 14.3 Å². The molecular formula is C20H28N6O3S. The fourth-order valence-electron chi connectivity index (χ4n) is 3.39. The zero-order valence-electron chi connectivity index (χ0n) is 17.6. The summed E-state index contributed by atoms with van der Waals surface area (Å²) in [5.41, 5.74) is 0.844. The summed E-state index contributed by atoms with van der Waals surface area (Å²) >= 11 is 5.34. The molecule has 1 aliphatic rings. The van der Waals surface area contributed by atoms with Crippen LogP contribution < -0.4 is 10.1 Å². The van der Waals surface area contributed by atoms with Gasteiger partial charge in [0, 0.05) is 37.8 Å². The predicted molar refractivity (Wildman–Crippen MR) is 116 cm³/mol. The SMILES string of the molecule is COc1ccc(-c2n[nH]c(=S)n2CC(=O)N2CCN(CC(=O)NC(C)C)CC2)cc1. The third-order valence-electron chi connectivity index (χ3n) is 4.94. The van der Waals surface area contributed by atoms with Crippen molar-refractivity contribution in [3.05, 3.63) is 29.0 Å². The first-order valence-corrected chi connectivity index (χ1v) is 10.4. The topological polar surface area (TPSA) is 95.5 Å². The number of methoxy groups -OCH3 is 1. The van der Waals surface area contributed by atoms with Crippen LogP contribution >= 0.6 is 12.2 Å². The van der Waals surface area contributed by atoms with E-state index in [-0.39, 0.29) is 24.4 Å². The van der Waals surface area contributed by atoms with Gasteiger partial charge in [-0.2, -0.15) is 5.10 Å². The Morgan fingerprint density at radius 1 is 1.17 bits per heavy atom. The molecular weight excluding hydrogens is 404 g/mol. The number of aromatic amines is 1. The Hall–Kier alpha value is -2.72. The van der Waals surface area contributed by atoms with Gasteiger partial charge in [0.2, 0.25) is 11.8 Å². The Morgan fingerprint density at radius 2 is 1.83 bits per heavy atom. The lowest BCUT2D eigenvalue weighted by Gasteiger charge is -2.34. The minimum atomic E-state index is -0.0199. The Balaban J connectivity index is 1.60. The van der Waals surface area contributed by atoms with Crippen LogP contribution in [0.3, 0.4) is 0 Å². The van der Waals surface area contributed by atoms with Gasteiger partial charge in [0.15, 0.2) is 10.6 Å². The summed E-state index contributed by atoms with van der Waals surface area (Å²) in [6.07, 6.45) is 0. The Morgan fingerprint density at radius 3 is 2.43 bits per heavy atom. The molecule has 0 bridgehead atoms. The smallest absolute Gasteiger partial charge is 0.242 e. The van der Waals surface area contributed by atoms with Crippen molar-refractivity contribution in [2.75, 3.05) is 39.8 Å². The van der Waals surface area contributed by atoms with E-state index in [1.54, 1.807) is 11.7 Å². The molecule has 2 N–H and O–H groups in total. The first-order valence-electron chi connectivity index (χ1n) is 9.96. The van der Waals surface area contributed by atoms with Crippen LogP contribution in [0.2, 0.25) is 0 Å². The highest BCUT2D eigenvalue weighted by molar-refractivity contribution is 7.71. The molecule has 9 nitrogen and oxygen atoms in total. The molecule has 30 heavy (non-hydrogen) atoms. The largest absolute Gasteiger partial charge is 0.497 e. The number of aromatic nitrogens is 3. The molecule has 1 aliphatic heterocycles. The average molecular weight is 433 g/mol. The van der Waals surface area contributed by atoms with Gasteiger partial charge in [0.1, 0.15) is 12.3 Å². The quantitative estimate of drug-likeness (QED) is 0.640. The van der Waals surface area contributed by atoms with E-state index in [0.29, 0.717) is 43.3 Å².